The molecule has 0 bridgehead atoms. The zero-order chi connectivity index (χ0) is 20.3. The first-order chi connectivity index (χ1) is 14.1. The number of nitrogens with one attached hydrogen (secondary N) is 1. The van der Waals surface area contributed by atoms with Crippen LogP contribution in [0.15, 0.2) is 42.7 Å². The van der Waals surface area contributed by atoms with Gasteiger partial charge in [0.05, 0.1) is 18.4 Å². The Hall–Kier alpha value is -2.18. The number of aromatic nitrogens is 2. The van der Waals surface area contributed by atoms with Crippen molar-refractivity contribution in [2.24, 2.45) is 5.41 Å². The van der Waals surface area contributed by atoms with E-state index >= 15 is 0 Å². The minimum absolute atomic E-state index is 0.0926. The number of aryl methyl sites for hydroxylation is 1. The molecule has 29 heavy (non-hydrogen) atoms. The van der Waals surface area contributed by atoms with Gasteiger partial charge in [0.1, 0.15) is 0 Å². The van der Waals surface area contributed by atoms with Crippen molar-refractivity contribution in [2.45, 2.75) is 44.7 Å². The summed E-state index contributed by atoms with van der Waals surface area (Å²) in [6.45, 7) is 6.03. The third kappa shape index (κ3) is 4.54. The van der Waals surface area contributed by atoms with Gasteiger partial charge >= 0.3 is 0 Å². The molecule has 1 aromatic heterocycles. The molecular formula is C23H32N4O2. The Morgan fingerprint density at radius 3 is 2.69 bits per heavy atom. The van der Waals surface area contributed by atoms with E-state index in [4.69, 9.17) is 4.74 Å². The first kappa shape index (κ1) is 20.1. The number of piperidine rings is 1. The van der Waals surface area contributed by atoms with Gasteiger partial charge in [0, 0.05) is 56.9 Å². The van der Waals surface area contributed by atoms with Crippen molar-refractivity contribution in [1.29, 1.82) is 0 Å². The molecule has 1 saturated carbocycles. The van der Waals surface area contributed by atoms with Crippen LogP contribution in [-0.2, 0) is 11.3 Å². The second kappa shape index (κ2) is 8.67. The van der Waals surface area contributed by atoms with E-state index in [1.807, 2.05) is 18.0 Å². The van der Waals surface area contributed by atoms with E-state index in [0.29, 0.717) is 17.5 Å². The quantitative estimate of drug-likeness (QED) is 0.745. The lowest BCUT2D eigenvalue weighted by Crippen LogP contribution is -2.49. The van der Waals surface area contributed by atoms with Crippen molar-refractivity contribution < 1.29 is 9.53 Å². The highest BCUT2D eigenvalue weighted by Gasteiger charge is 2.42. The lowest BCUT2D eigenvalue weighted by atomic mass is 9.78. The molecule has 156 valence electrons. The summed E-state index contributed by atoms with van der Waals surface area (Å²) in [7, 11) is 1.78. The Kier molecular flexibility index (Phi) is 6.01. The summed E-state index contributed by atoms with van der Waals surface area (Å²) < 4.78 is 7.39. The van der Waals surface area contributed by atoms with Crippen molar-refractivity contribution >= 4 is 5.91 Å². The second-order valence-electron chi connectivity index (χ2n) is 8.55. The van der Waals surface area contributed by atoms with E-state index in [0.717, 1.165) is 45.6 Å². The molecule has 6 nitrogen and oxygen atoms in total. The molecule has 1 saturated heterocycles. The zero-order valence-electron chi connectivity index (χ0n) is 17.5. The highest BCUT2D eigenvalue weighted by Crippen LogP contribution is 2.42. The number of hydrogen-bond donors (Lipinski definition) is 1. The summed E-state index contributed by atoms with van der Waals surface area (Å²) in [5.41, 5.74) is 2.22. The van der Waals surface area contributed by atoms with Crippen LogP contribution < -0.4 is 5.32 Å². The van der Waals surface area contributed by atoms with Gasteiger partial charge in [-0.1, -0.05) is 30.3 Å². The van der Waals surface area contributed by atoms with Gasteiger partial charge in [0.2, 0.25) is 0 Å². The molecular weight excluding hydrogens is 364 g/mol. The number of likely N-dealkylation sites (tertiary alicyclic amines) is 1. The Bertz CT molecular complexity index is 811. The molecule has 1 N–H and O–H groups in total. The Morgan fingerprint density at radius 1 is 1.28 bits per heavy atom. The third-order valence-electron chi connectivity index (χ3n) is 6.52. The van der Waals surface area contributed by atoms with Crippen LogP contribution >= 0.6 is 0 Å². The summed E-state index contributed by atoms with van der Waals surface area (Å²) in [5, 5.41) is 8.03. The maximum atomic E-state index is 12.8. The van der Waals surface area contributed by atoms with Crippen molar-refractivity contribution in [3.05, 3.63) is 53.9 Å². The molecule has 6 heteroatoms. The minimum Gasteiger partial charge on any atom is -0.384 e. The Labute approximate surface area is 173 Å². The Morgan fingerprint density at radius 2 is 2.03 bits per heavy atom. The normalized spacial score (nSPS) is 23.2. The molecule has 2 aromatic rings. The van der Waals surface area contributed by atoms with Crippen LogP contribution in [0.3, 0.4) is 0 Å². The molecule has 1 aliphatic heterocycles. The molecule has 1 amide bonds. The fourth-order valence-corrected chi connectivity index (χ4v) is 4.53. The highest BCUT2D eigenvalue weighted by molar-refractivity contribution is 5.93. The summed E-state index contributed by atoms with van der Waals surface area (Å²) in [4.78, 5) is 14.8. The van der Waals surface area contributed by atoms with Gasteiger partial charge in [-0.2, -0.15) is 5.10 Å². The number of methoxy groups -OCH3 is 1. The number of rotatable bonds is 8. The molecule has 4 rings (SSSR count). The SMILES string of the molecule is CCn1cc(C(=O)N2CCC(CN[C@@H]3C[C@H]3c3ccccc3)(COC)CC2)cn1. The molecule has 2 fully saturated rings. The number of carbonyl (C=O) groups excluding carboxylic acids is 1. The van der Waals surface area contributed by atoms with Gasteiger partial charge in [-0.25, -0.2) is 0 Å². The lowest BCUT2D eigenvalue weighted by Gasteiger charge is -2.41. The van der Waals surface area contributed by atoms with E-state index in [-0.39, 0.29) is 11.3 Å². The van der Waals surface area contributed by atoms with Crippen LogP contribution in [0.1, 0.15) is 48.0 Å². The van der Waals surface area contributed by atoms with E-state index < -0.39 is 0 Å². The van der Waals surface area contributed by atoms with Crippen molar-refractivity contribution in [3.63, 3.8) is 0 Å². The largest absolute Gasteiger partial charge is 0.384 e. The Balaban J connectivity index is 1.31. The molecule has 2 aliphatic rings. The maximum Gasteiger partial charge on any atom is 0.257 e. The number of hydrogen-bond acceptors (Lipinski definition) is 4. The molecule has 0 spiro atoms. The van der Waals surface area contributed by atoms with Crippen LogP contribution in [0.2, 0.25) is 0 Å². The van der Waals surface area contributed by atoms with Gasteiger partial charge < -0.3 is 15.0 Å². The van der Waals surface area contributed by atoms with E-state index in [1.54, 1.807) is 18.0 Å². The first-order valence-electron chi connectivity index (χ1n) is 10.7. The third-order valence-corrected chi connectivity index (χ3v) is 6.52. The average molecular weight is 397 g/mol. The summed E-state index contributed by atoms with van der Waals surface area (Å²) in [6.07, 6.45) is 6.66. The monoisotopic (exact) mass is 396 g/mol. The van der Waals surface area contributed by atoms with Crippen LogP contribution in [0, 0.1) is 5.41 Å². The van der Waals surface area contributed by atoms with Crippen molar-refractivity contribution in [3.8, 4) is 0 Å². The fraction of sp³-hybridized carbons (Fsp3) is 0.565. The molecule has 2 atom stereocenters. The van der Waals surface area contributed by atoms with E-state index in [1.165, 1.54) is 12.0 Å². The molecule has 0 unspecified atom stereocenters. The van der Waals surface area contributed by atoms with Gasteiger partial charge in [0.25, 0.3) is 5.91 Å². The predicted octanol–water partition coefficient (Wildman–Crippen LogP) is 2.92. The summed E-state index contributed by atoms with van der Waals surface area (Å²) >= 11 is 0. The van der Waals surface area contributed by atoms with Crippen LogP contribution in [0.5, 0.6) is 0 Å². The van der Waals surface area contributed by atoms with Crippen LogP contribution in [0.4, 0.5) is 0 Å². The van der Waals surface area contributed by atoms with Crippen molar-refractivity contribution in [1.82, 2.24) is 20.0 Å². The van der Waals surface area contributed by atoms with Crippen LogP contribution in [0.25, 0.3) is 0 Å². The van der Waals surface area contributed by atoms with Crippen molar-refractivity contribution in [2.75, 3.05) is 33.4 Å². The van der Waals surface area contributed by atoms with Gasteiger partial charge in [-0.15, -0.1) is 0 Å². The maximum absolute atomic E-state index is 12.8. The van der Waals surface area contributed by atoms with Crippen LogP contribution in [-0.4, -0.2) is 60.0 Å². The molecule has 2 heterocycles. The number of carbonyl (C=O) groups is 1. The topological polar surface area (TPSA) is 59.4 Å². The summed E-state index contributed by atoms with van der Waals surface area (Å²) in [6, 6.07) is 11.3. The lowest BCUT2D eigenvalue weighted by molar-refractivity contribution is 0.0202. The predicted molar refractivity (Wildman–Crippen MR) is 113 cm³/mol. The van der Waals surface area contributed by atoms with Gasteiger partial charge in [0.15, 0.2) is 0 Å². The number of amides is 1. The standard InChI is InChI=1S/C23H32N4O2/c1-3-27-15-19(14-25-27)22(28)26-11-9-23(10-12-26,17-29-2)16-24-21-13-20(21)18-7-5-4-6-8-18/h4-8,14-15,20-21,24H,3,9-13,16-17H2,1-2H3/t20-,21+/m0/s1. The second-order valence-corrected chi connectivity index (χ2v) is 8.55. The van der Waals surface area contributed by atoms with E-state index in [2.05, 4.69) is 40.7 Å². The number of benzene rings is 1. The minimum atomic E-state index is 0.0926. The van der Waals surface area contributed by atoms with Gasteiger partial charge in [-0.3, -0.25) is 9.48 Å². The van der Waals surface area contributed by atoms with Gasteiger partial charge in [-0.05, 0) is 31.7 Å². The molecule has 1 aliphatic carbocycles. The molecule has 1 aromatic carbocycles. The first-order valence-corrected chi connectivity index (χ1v) is 10.7. The number of nitrogens with zero attached hydrogens (tertiary/aromatic N) is 3. The smallest absolute Gasteiger partial charge is 0.257 e. The highest BCUT2D eigenvalue weighted by atomic mass is 16.5. The molecule has 0 radical (unpaired) electrons. The average Bonchev–Trinajstić information content (AvgIpc) is 3.39. The fourth-order valence-electron chi connectivity index (χ4n) is 4.53. The number of ether oxygens (including phenoxy) is 1. The zero-order valence-corrected chi connectivity index (χ0v) is 17.5. The summed E-state index contributed by atoms with van der Waals surface area (Å²) in [5.74, 6) is 0.725. The van der Waals surface area contributed by atoms with E-state index in [9.17, 15) is 4.79 Å².